The predicted molar refractivity (Wildman–Crippen MR) is 87.8 cm³/mol. The van der Waals surface area contributed by atoms with Crippen LogP contribution in [0.4, 0.5) is 0 Å². The molecular formula is C17H18ClN3O. The van der Waals surface area contributed by atoms with Crippen molar-refractivity contribution in [1.82, 2.24) is 15.0 Å². The van der Waals surface area contributed by atoms with E-state index in [1.54, 1.807) is 0 Å². The second-order valence-corrected chi connectivity index (χ2v) is 5.83. The van der Waals surface area contributed by atoms with Crippen molar-refractivity contribution in [2.75, 3.05) is 7.05 Å². The molecule has 0 amide bonds. The third-order valence-corrected chi connectivity index (χ3v) is 3.86. The number of aryl methyl sites for hydroxylation is 1. The molecule has 5 heteroatoms. The lowest BCUT2D eigenvalue weighted by Gasteiger charge is -2.14. The van der Waals surface area contributed by atoms with Crippen LogP contribution in [0.2, 0.25) is 5.02 Å². The maximum Gasteiger partial charge on any atom is 0.150 e. The van der Waals surface area contributed by atoms with Crippen LogP contribution in [0.1, 0.15) is 24.1 Å². The Balaban J connectivity index is 1.73. The van der Waals surface area contributed by atoms with Gasteiger partial charge in [0, 0.05) is 18.0 Å². The van der Waals surface area contributed by atoms with E-state index < -0.39 is 0 Å². The van der Waals surface area contributed by atoms with E-state index in [1.165, 1.54) is 0 Å². The van der Waals surface area contributed by atoms with Gasteiger partial charge in [0.1, 0.15) is 0 Å². The Labute approximate surface area is 134 Å². The molecule has 1 aromatic carbocycles. The summed E-state index contributed by atoms with van der Waals surface area (Å²) in [5.41, 5.74) is 2.82. The van der Waals surface area contributed by atoms with E-state index in [0.717, 1.165) is 41.0 Å². The Morgan fingerprint density at radius 2 is 2.00 bits per heavy atom. The maximum atomic E-state index is 6.21. The van der Waals surface area contributed by atoms with Crippen molar-refractivity contribution < 1.29 is 4.52 Å². The quantitative estimate of drug-likeness (QED) is 0.711. The monoisotopic (exact) mass is 315 g/mol. The van der Waals surface area contributed by atoms with Crippen molar-refractivity contribution in [1.29, 1.82) is 0 Å². The van der Waals surface area contributed by atoms with Gasteiger partial charge in [0.25, 0.3) is 0 Å². The number of rotatable bonds is 5. The lowest BCUT2D eigenvalue weighted by atomic mass is 10.2. The summed E-state index contributed by atoms with van der Waals surface area (Å²) in [6.45, 7) is 3.49. The second-order valence-electron chi connectivity index (χ2n) is 5.42. The average Bonchev–Trinajstić information content (AvgIpc) is 2.95. The molecule has 0 aliphatic heterocycles. The van der Waals surface area contributed by atoms with Crippen molar-refractivity contribution in [3.8, 4) is 0 Å². The van der Waals surface area contributed by atoms with Crippen molar-refractivity contribution >= 4 is 22.5 Å². The number of pyridine rings is 1. The number of aromatic nitrogens is 2. The number of benzene rings is 1. The van der Waals surface area contributed by atoms with E-state index in [1.807, 2.05) is 37.4 Å². The van der Waals surface area contributed by atoms with Crippen LogP contribution < -0.4 is 0 Å². The average molecular weight is 316 g/mol. The third kappa shape index (κ3) is 3.29. The molecule has 0 spiro atoms. The van der Waals surface area contributed by atoms with Gasteiger partial charge in [0.2, 0.25) is 0 Å². The molecule has 0 N–H and O–H groups in total. The summed E-state index contributed by atoms with van der Waals surface area (Å²) in [6.07, 6.45) is 0.887. The highest BCUT2D eigenvalue weighted by atomic mass is 35.5. The van der Waals surface area contributed by atoms with Gasteiger partial charge in [0.05, 0.1) is 28.5 Å². The molecule has 4 nitrogen and oxygen atoms in total. The molecule has 3 aromatic rings. The van der Waals surface area contributed by atoms with Crippen LogP contribution in [0, 0.1) is 0 Å². The molecule has 114 valence electrons. The van der Waals surface area contributed by atoms with Crippen molar-refractivity contribution in [3.05, 3.63) is 58.6 Å². The summed E-state index contributed by atoms with van der Waals surface area (Å²) in [5.74, 6) is 0.873. The Hall–Kier alpha value is -1.91. The van der Waals surface area contributed by atoms with Crippen LogP contribution in [-0.4, -0.2) is 22.1 Å². The molecule has 3 rings (SSSR count). The molecule has 0 unspecified atom stereocenters. The van der Waals surface area contributed by atoms with E-state index in [2.05, 4.69) is 28.0 Å². The summed E-state index contributed by atoms with van der Waals surface area (Å²) in [6, 6.07) is 11.9. The van der Waals surface area contributed by atoms with Gasteiger partial charge in [-0.15, -0.1) is 0 Å². The van der Waals surface area contributed by atoms with E-state index in [4.69, 9.17) is 16.1 Å². The standard InChI is InChI=1S/C17H18ClN3O/c1-3-13-9-15(22-20-13)11-21(2)10-14-8-7-12-5-4-6-16(18)17(12)19-14/h4-9H,3,10-11H2,1-2H3. The normalized spacial score (nSPS) is 11.5. The van der Waals surface area contributed by atoms with E-state index in [-0.39, 0.29) is 0 Å². The fraction of sp³-hybridized carbons (Fsp3) is 0.294. The SMILES string of the molecule is CCc1cc(CN(C)Cc2ccc3cccc(Cl)c3n2)on1. The van der Waals surface area contributed by atoms with Crippen molar-refractivity contribution in [2.45, 2.75) is 26.4 Å². The van der Waals surface area contributed by atoms with Crippen molar-refractivity contribution in [3.63, 3.8) is 0 Å². The Morgan fingerprint density at radius 1 is 1.14 bits per heavy atom. The maximum absolute atomic E-state index is 6.21. The zero-order chi connectivity index (χ0) is 15.5. The van der Waals surface area contributed by atoms with Gasteiger partial charge in [-0.25, -0.2) is 4.98 Å². The number of hydrogen-bond acceptors (Lipinski definition) is 4. The van der Waals surface area contributed by atoms with Crippen molar-refractivity contribution in [2.24, 2.45) is 0 Å². The molecule has 0 atom stereocenters. The zero-order valence-electron chi connectivity index (χ0n) is 12.7. The van der Waals surface area contributed by atoms with Crippen LogP contribution >= 0.6 is 11.6 Å². The number of halogens is 1. The highest BCUT2D eigenvalue weighted by Gasteiger charge is 2.09. The van der Waals surface area contributed by atoms with Crippen LogP contribution in [0.25, 0.3) is 10.9 Å². The molecule has 0 fully saturated rings. The summed E-state index contributed by atoms with van der Waals surface area (Å²) < 4.78 is 5.32. The lowest BCUT2D eigenvalue weighted by Crippen LogP contribution is -2.17. The fourth-order valence-electron chi connectivity index (χ4n) is 2.43. The summed E-state index contributed by atoms with van der Waals surface area (Å²) in [7, 11) is 2.03. The lowest BCUT2D eigenvalue weighted by molar-refractivity contribution is 0.264. The molecule has 2 heterocycles. The minimum Gasteiger partial charge on any atom is -0.360 e. The Morgan fingerprint density at radius 3 is 2.77 bits per heavy atom. The third-order valence-electron chi connectivity index (χ3n) is 3.56. The minimum atomic E-state index is 0.685. The second kappa shape index (κ2) is 6.46. The van der Waals surface area contributed by atoms with E-state index in [0.29, 0.717) is 11.6 Å². The Bertz CT molecular complexity index is 784. The van der Waals surface area contributed by atoms with Crippen LogP contribution in [0.15, 0.2) is 40.9 Å². The van der Waals surface area contributed by atoms with E-state index >= 15 is 0 Å². The molecule has 0 saturated carbocycles. The first kappa shape index (κ1) is 15.0. The topological polar surface area (TPSA) is 42.2 Å². The largest absolute Gasteiger partial charge is 0.360 e. The van der Waals surface area contributed by atoms with E-state index in [9.17, 15) is 0 Å². The van der Waals surface area contributed by atoms with Gasteiger partial charge >= 0.3 is 0 Å². The molecule has 0 aliphatic rings. The molecular weight excluding hydrogens is 298 g/mol. The van der Waals surface area contributed by atoms with Gasteiger partial charge in [-0.05, 0) is 25.6 Å². The minimum absolute atomic E-state index is 0.685. The highest BCUT2D eigenvalue weighted by Crippen LogP contribution is 2.22. The first-order valence-corrected chi connectivity index (χ1v) is 7.70. The fourth-order valence-corrected chi connectivity index (χ4v) is 2.66. The zero-order valence-corrected chi connectivity index (χ0v) is 13.5. The molecule has 0 aliphatic carbocycles. The number of nitrogens with zero attached hydrogens (tertiary/aromatic N) is 3. The first-order chi connectivity index (χ1) is 10.7. The van der Waals surface area contributed by atoms with Gasteiger partial charge < -0.3 is 4.52 Å². The summed E-state index contributed by atoms with van der Waals surface area (Å²) in [4.78, 5) is 6.80. The van der Waals surface area contributed by atoms with Crippen LogP contribution in [0.3, 0.4) is 0 Å². The van der Waals surface area contributed by atoms with Gasteiger partial charge in [-0.2, -0.15) is 0 Å². The van der Waals surface area contributed by atoms with Gasteiger partial charge in [-0.3, -0.25) is 4.90 Å². The highest BCUT2D eigenvalue weighted by molar-refractivity contribution is 6.35. The van der Waals surface area contributed by atoms with Crippen LogP contribution in [0.5, 0.6) is 0 Å². The first-order valence-electron chi connectivity index (χ1n) is 7.33. The number of fused-ring (bicyclic) bond motifs is 1. The molecule has 22 heavy (non-hydrogen) atoms. The Kier molecular flexibility index (Phi) is 4.41. The molecule has 0 bridgehead atoms. The number of hydrogen-bond donors (Lipinski definition) is 0. The van der Waals surface area contributed by atoms with Crippen LogP contribution in [-0.2, 0) is 19.5 Å². The van der Waals surface area contributed by atoms with Gasteiger partial charge in [-0.1, -0.05) is 41.9 Å². The predicted octanol–water partition coefficient (Wildman–Crippen LogP) is 4.07. The van der Waals surface area contributed by atoms with Gasteiger partial charge in [0.15, 0.2) is 5.76 Å². The number of para-hydroxylation sites is 1. The smallest absolute Gasteiger partial charge is 0.150 e. The molecule has 2 aromatic heterocycles. The summed E-state index contributed by atoms with van der Waals surface area (Å²) >= 11 is 6.21. The molecule has 0 radical (unpaired) electrons. The molecule has 0 saturated heterocycles. The summed E-state index contributed by atoms with van der Waals surface area (Å²) in [5, 5.41) is 5.75.